The topological polar surface area (TPSA) is 241 Å². The van der Waals surface area contributed by atoms with Gasteiger partial charge in [-0.15, -0.1) is 0 Å². The summed E-state index contributed by atoms with van der Waals surface area (Å²) in [5, 5.41) is 38.2. The van der Waals surface area contributed by atoms with Crippen LogP contribution in [0.3, 0.4) is 0 Å². The SMILES string of the molecule is O=C(O)[C@]1(OP(=O)(O)O)C[C@@H](O)[C@@H](O)C([C@H](O)COP(=O)(O)O)O1. The zero-order valence-corrected chi connectivity index (χ0v) is 13.4. The molecule has 1 unspecified atom stereocenters. The molecule has 0 saturated carbocycles. The van der Waals surface area contributed by atoms with Gasteiger partial charge in [-0.05, 0) is 0 Å². The predicted molar refractivity (Wildman–Crippen MR) is 69.0 cm³/mol. The Kier molecular flexibility index (Phi) is 6.66. The van der Waals surface area contributed by atoms with Crippen LogP contribution in [0.4, 0.5) is 0 Å². The van der Waals surface area contributed by atoms with Crippen molar-refractivity contribution in [3.63, 3.8) is 0 Å². The number of aliphatic carboxylic acids is 1. The molecule has 1 rings (SSSR count). The third-order valence-corrected chi connectivity index (χ3v) is 3.94. The maximum absolute atomic E-state index is 11.3. The molecule has 0 aromatic heterocycles. The van der Waals surface area contributed by atoms with Gasteiger partial charge in [-0.2, -0.15) is 0 Å². The summed E-state index contributed by atoms with van der Waals surface area (Å²) in [7, 11) is -10.5. The number of rotatable bonds is 7. The van der Waals surface area contributed by atoms with Crippen molar-refractivity contribution in [2.24, 2.45) is 0 Å². The fraction of sp³-hybridized carbons (Fsp3) is 0.875. The maximum atomic E-state index is 11.3. The zero-order valence-electron chi connectivity index (χ0n) is 11.6. The minimum atomic E-state index is -5.43. The molecule has 1 saturated heterocycles. The number of phosphoric ester groups is 2. The lowest BCUT2D eigenvalue weighted by molar-refractivity contribution is -0.302. The van der Waals surface area contributed by atoms with Crippen LogP contribution in [0.15, 0.2) is 0 Å². The Balaban J connectivity index is 3.05. The molecular formula is C8H16O14P2. The standard InChI is InChI=1S/C8H16O14P2/c9-3-1-8(7(12)13,22-24(17,18)19)21-6(5(3)11)4(10)2-20-23(14,15)16/h3-6,9-11H,1-2H2,(H,12,13)(H2,14,15,16)(H2,17,18,19)/t3-,4-,5-,6?,8-/m1/s1. The molecule has 0 radical (unpaired) electrons. The number of aliphatic hydroxyl groups excluding tert-OH is 3. The molecule has 0 aromatic rings. The predicted octanol–water partition coefficient (Wildman–Crippen LogP) is -3.14. The van der Waals surface area contributed by atoms with Crippen LogP contribution in [0.5, 0.6) is 0 Å². The molecule has 24 heavy (non-hydrogen) atoms. The highest BCUT2D eigenvalue weighted by atomic mass is 31.2. The molecule has 1 aliphatic heterocycles. The molecule has 0 bridgehead atoms. The Hall–Kier alpha value is -0.470. The lowest BCUT2D eigenvalue weighted by Crippen LogP contribution is -2.62. The average molecular weight is 398 g/mol. The third kappa shape index (κ3) is 5.81. The van der Waals surface area contributed by atoms with Gasteiger partial charge in [-0.3, -0.25) is 4.52 Å². The highest BCUT2D eigenvalue weighted by molar-refractivity contribution is 7.46. The van der Waals surface area contributed by atoms with Gasteiger partial charge in [0.2, 0.25) is 0 Å². The summed E-state index contributed by atoms with van der Waals surface area (Å²) in [6, 6.07) is 0. The van der Waals surface area contributed by atoms with Crippen molar-refractivity contribution >= 4 is 21.6 Å². The molecule has 0 aliphatic carbocycles. The number of carbonyl (C=O) groups is 1. The first-order valence-corrected chi connectivity index (χ1v) is 9.15. The molecule has 1 fully saturated rings. The van der Waals surface area contributed by atoms with E-state index in [1.165, 1.54) is 0 Å². The second kappa shape index (κ2) is 7.41. The molecule has 8 N–H and O–H groups in total. The van der Waals surface area contributed by atoms with Crippen molar-refractivity contribution in [3.8, 4) is 0 Å². The van der Waals surface area contributed by atoms with Crippen LogP contribution in [-0.4, -0.2) is 82.8 Å². The zero-order chi connectivity index (χ0) is 18.9. The quantitative estimate of drug-likeness (QED) is 0.198. The summed E-state index contributed by atoms with van der Waals surface area (Å²) in [6.45, 7) is -1.15. The lowest BCUT2D eigenvalue weighted by atomic mass is 9.93. The highest BCUT2D eigenvalue weighted by Gasteiger charge is 2.57. The van der Waals surface area contributed by atoms with Crippen LogP contribution in [0.1, 0.15) is 6.42 Å². The Bertz CT molecular complexity index is 553. The van der Waals surface area contributed by atoms with Crippen molar-refractivity contribution < 1.29 is 67.7 Å². The van der Waals surface area contributed by atoms with E-state index in [4.69, 9.17) is 29.4 Å². The van der Waals surface area contributed by atoms with Crippen molar-refractivity contribution in [3.05, 3.63) is 0 Å². The van der Waals surface area contributed by atoms with E-state index >= 15 is 0 Å². The van der Waals surface area contributed by atoms with E-state index in [1.54, 1.807) is 0 Å². The summed E-state index contributed by atoms with van der Waals surface area (Å²) >= 11 is 0. The lowest BCUT2D eigenvalue weighted by Gasteiger charge is -2.43. The Morgan fingerprint density at radius 2 is 1.75 bits per heavy atom. The van der Waals surface area contributed by atoms with Gasteiger partial charge in [0, 0.05) is 6.42 Å². The molecule has 16 heteroatoms. The van der Waals surface area contributed by atoms with Gasteiger partial charge in [-0.1, -0.05) is 0 Å². The Morgan fingerprint density at radius 1 is 1.21 bits per heavy atom. The fourth-order valence-corrected chi connectivity index (χ4v) is 2.88. The summed E-state index contributed by atoms with van der Waals surface area (Å²) in [5.41, 5.74) is 0. The van der Waals surface area contributed by atoms with E-state index in [2.05, 4.69) is 9.05 Å². The fourth-order valence-electron chi connectivity index (χ4n) is 1.95. The molecule has 1 heterocycles. The molecule has 142 valence electrons. The molecule has 5 atom stereocenters. The van der Waals surface area contributed by atoms with Crippen LogP contribution in [-0.2, 0) is 27.7 Å². The van der Waals surface area contributed by atoms with Gasteiger partial charge in [0.25, 0.3) is 5.79 Å². The minimum absolute atomic E-state index is 1.10. The molecular weight excluding hydrogens is 382 g/mol. The van der Waals surface area contributed by atoms with Crippen molar-refractivity contribution in [1.29, 1.82) is 0 Å². The van der Waals surface area contributed by atoms with Crippen LogP contribution < -0.4 is 0 Å². The van der Waals surface area contributed by atoms with Crippen molar-refractivity contribution in [1.82, 2.24) is 0 Å². The normalized spacial score (nSPS) is 33.2. The summed E-state index contributed by atoms with van der Waals surface area (Å²) in [5.74, 6) is -5.20. The van der Waals surface area contributed by atoms with Crippen LogP contribution >= 0.6 is 15.6 Å². The summed E-state index contributed by atoms with van der Waals surface area (Å²) < 4.78 is 34.2. The van der Waals surface area contributed by atoms with Gasteiger partial charge >= 0.3 is 21.6 Å². The largest absolute Gasteiger partial charge is 0.477 e. The second-order valence-corrected chi connectivity index (χ2v) is 7.24. The minimum Gasteiger partial charge on any atom is -0.477 e. The van der Waals surface area contributed by atoms with E-state index in [0.29, 0.717) is 0 Å². The van der Waals surface area contributed by atoms with Gasteiger partial charge < -0.3 is 44.7 Å². The summed E-state index contributed by atoms with van der Waals surface area (Å²) in [4.78, 5) is 45.9. The number of aliphatic hydroxyl groups is 3. The maximum Gasteiger partial charge on any atom is 0.472 e. The van der Waals surface area contributed by atoms with Gasteiger partial charge in [0.1, 0.15) is 18.3 Å². The van der Waals surface area contributed by atoms with E-state index in [9.17, 15) is 29.2 Å². The summed E-state index contributed by atoms with van der Waals surface area (Å²) in [6.07, 6.45) is -9.16. The Labute approximate surface area is 133 Å². The van der Waals surface area contributed by atoms with Crippen molar-refractivity contribution in [2.75, 3.05) is 6.61 Å². The Morgan fingerprint density at radius 3 is 2.17 bits per heavy atom. The monoisotopic (exact) mass is 398 g/mol. The van der Waals surface area contributed by atoms with E-state index in [-0.39, 0.29) is 0 Å². The third-order valence-electron chi connectivity index (χ3n) is 2.92. The second-order valence-electron chi connectivity index (χ2n) is 4.84. The van der Waals surface area contributed by atoms with E-state index in [0.717, 1.165) is 0 Å². The first kappa shape index (κ1) is 21.6. The van der Waals surface area contributed by atoms with E-state index in [1.807, 2.05) is 0 Å². The molecule has 14 nitrogen and oxygen atoms in total. The number of carboxylic acid groups (broad SMARTS) is 1. The molecule has 0 amide bonds. The van der Waals surface area contributed by atoms with Gasteiger partial charge in [0.05, 0.1) is 12.7 Å². The highest BCUT2D eigenvalue weighted by Crippen LogP contribution is 2.46. The number of ether oxygens (including phenoxy) is 1. The van der Waals surface area contributed by atoms with Crippen LogP contribution in [0, 0.1) is 0 Å². The number of hydrogen-bond donors (Lipinski definition) is 8. The van der Waals surface area contributed by atoms with Crippen LogP contribution in [0.25, 0.3) is 0 Å². The average Bonchev–Trinajstić information content (AvgIpc) is 2.37. The number of hydrogen-bond acceptors (Lipinski definition) is 9. The van der Waals surface area contributed by atoms with Gasteiger partial charge in [-0.25, -0.2) is 18.4 Å². The smallest absolute Gasteiger partial charge is 0.472 e. The van der Waals surface area contributed by atoms with Crippen LogP contribution in [0.2, 0.25) is 0 Å². The molecule has 0 spiro atoms. The van der Waals surface area contributed by atoms with Gasteiger partial charge in [0.15, 0.2) is 0 Å². The number of carboxylic acids is 1. The van der Waals surface area contributed by atoms with Crippen molar-refractivity contribution in [2.45, 2.75) is 36.6 Å². The number of phosphoric acid groups is 2. The first-order valence-electron chi connectivity index (χ1n) is 6.09. The molecule has 1 aliphatic rings. The van der Waals surface area contributed by atoms with E-state index < -0.39 is 64.8 Å². The first-order chi connectivity index (χ1) is 10.7. The molecule has 0 aromatic carbocycles.